The molecule has 0 heterocycles. The van der Waals surface area contributed by atoms with Gasteiger partial charge in [0.25, 0.3) is 0 Å². The minimum Gasteiger partial charge on any atom is -0.326 e. The molecule has 0 rings (SSSR count). The second kappa shape index (κ2) is 4.83. The zero-order valence-electron chi connectivity index (χ0n) is 9.22. The molecule has 0 aliphatic rings. The highest BCUT2D eigenvalue weighted by atomic mass is 15.2. The molecule has 2 nitrogen and oxygen atoms in total. The highest BCUT2D eigenvalue weighted by molar-refractivity contribution is 4.91. The lowest BCUT2D eigenvalue weighted by molar-refractivity contribution is 0.0905. The van der Waals surface area contributed by atoms with Gasteiger partial charge >= 0.3 is 0 Å². The molecule has 2 atom stereocenters. The van der Waals surface area contributed by atoms with Gasteiger partial charge in [-0.05, 0) is 33.4 Å². The van der Waals surface area contributed by atoms with Gasteiger partial charge in [-0.1, -0.05) is 20.8 Å². The van der Waals surface area contributed by atoms with E-state index in [1.54, 1.807) is 0 Å². The lowest BCUT2D eigenvalue weighted by Gasteiger charge is -2.42. The van der Waals surface area contributed by atoms with Gasteiger partial charge in [0.1, 0.15) is 0 Å². The molecule has 2 heteroatoms. The Balaban J connectivity index is 4.47. The van der Waals surface area contributed by atoms with Gasteiger partial charge in [-0.3, -0.25) is 4.90 Å². The first-order chi connectivity index (χ1) is 5.52. The van der Waals surface area contributed by atoms with E-state index in [1.807, 2.05) is 0 Å². The van der Waals surface area contributed by atoms with E-state index in [0.29, 0.717) is 0 Å². The van der Waals surface area contributed by atoms with Crippen LogP contribution in [-0.4, -0.2) is 29.6 Å². The summed E-state index contributed by atoms with van der Waals surface area (Å²) in [7, 11) is 0. The van der Waals surface area contributed by atoms with Crippen molar-refractivity contribution in [2.45, 2.75) is 52.6 Å². The van der Waals surface area contributed by atoms with E-state index in [4.69, 9.17) is 5.73 Å². The summed E-state index contributed by atoms with van der Waals surface area (Å²) in [6.45, 7) is 13.1. The van der Waals surface area contributed by atoms with Crippen LogP contribution in [0, 0.1) is 0 Å². The molecule has 2 unspecified atom stereocenters. The van der Waals surface area contributed by atoms with E-state index < -0.39 is 0 Å². The van der Waals surface area contributed by atoms with Gasteiger partial charge in [-0.25, -0.2) is 0 Å². The summed E-state index contributed by atoms with van der Waals surface area (Å²) >= 11 is 0. The molecule has 0 radical (unpaired) electrons. The first-order valence-electron chi connectivity index (χ1n) is 5.03. The zero-order chi connectivity index (χ0) is 9.78. The monoisotopic (exact) mass is 172 g/mol. The molecule has 0 bridgehead atoms. The van der Waals surface area contributed by atoms with Crippen LogP contribution in [0.2, 0.25) is 0 Å². The molecule has 0 spiro atoms. The molecule has 0 aromatic rings. The fourth-order valence-electron chi connectivity index (χ4n) is 1.78. The molecule has 0 fully saturated rings. The third-order valence-corrected chi connectivity index (χ3v) is 3.18. The lowest BCUT2D eigenvalue weighted by atomic mass is 9.89. The van der Waals surface area contributed by atoms with Gasteiger partial charge in [0, 0.05) is 11.6 Å². The smallest absolute Gasteiger partial charge is 0.0326 e. The molecule has 74 valence electrons. The molecule has 0 saturated carbocycles. The summed E-state index contributed by atoms with van der Waals surface area (Å²) in [6.07, 6.45) is 1.12. The molecule has 0 aromatic heterocycles. The van der Waals surface area contributed by atoms with E-state index in [-0.39, 0.29) is 11.6 Å². The predicted molar refractivity (Wildman–Crippen MR) is 55.3 cm³/mol. The topological polar surface area (TPSA) is 29.3 Å². The van der Waals surface area contributed by atoms with Crippen molar-refractivity contribution in [3.63, 3.8) is 0 Å². The Morgan fingerprint density at radius 1 is 1.25 bits per heavy atom. The summed E-state index contributed by atoms with van der Waals surface area (Å²) in [5, 5.41) is 0. The average molecular weight is 172 g/mol. The van der Waals surface area contributed by atoms with E-state index in [1.165, 1.54) is 0 Å². The van der Waals surface area contributed by atoms with Crippen LogP contribution in [0.1, 0.15) is 41.0 Å². The summed E-state index contributed by atoms with van der Waals surface area (Å²) in [5.41, 5.74) is 6.16. The Kier molecular flexibility index (Phi) is 4.80. The number of nitrogens with two attached hydrogens (primary N) is 1. The van der Waals surface area contributed by atoms with Crippen molar-refractivity contribution >= 4 is 0 Å². The van der Waals surface area contributed by atoms with Crippen molar-refractivity contribution in [2.75, 3.05) is 13.1 Å². The van der Waals surface area contributed by atoms with Crippen molar-refractivity contribution in [1.29, 1.82) is 0 Å². The third-order valence-electron chi connectivity index (χ3n) is 3.18. The number of hydrogen-bond acceptors (Lipinski definition) is 2. The fraction of sp³-hybridized carbons (Fsp3) is 1.00. The average Bonchev–Trinajstić information content (AvgIpc) is 2.05. The quantitative estimate of drug-likeness (QED) is 0.685. The Hall–Kier alpha value is -0.0800. The minimum absolute atomic E-state index is 0.170. The summed E-state index contributed by atoms with van der Waals surface area (Å²) in [6, 6.07) is 0.238. The van der Waals surface area contributed by atoms with Gasteiger partial charge in [-0.15, -0.1) is 0 Å². The van der Waals surface area contributed by atoms with Gasteiger partial charge in [0.05, 0.1) is 0 Å². The van der Waals surface area contributed by atoms with Gasteiger partial charge < -0.3 is 5.73 Å². The standard InChI is InChI=1S/C10H24N2/c1-6-10(5,9(4)11)12(7-2)8-3/h9H,6-8,11H2,1-5H3. The van der Waals surface area contributed by atoms with E-state index >= 15 is 0 Å². The van der Waals surface area contributed by atoms with E-state index in [2.05, 4.69) is 39.5 Å². The molecular formula is C10H24N2. The Bertz CT molecular complexity index is 119. The number of hydrogen-bond donors (Lipinski definition) is 1. The van der Waals surface area contributed by atoms with Gasteiger partial charge in [0.2, 0.25) is 0 Å². The van der Waals surface area contributed by atoms with Crippen molar-refractivity contribution in [1.82, 2.24) is 4.90 Å². The van der Waals surface area contributed by atoms with Crippen LogP contribution in [0.4, 0.5) is 0 Å². The largest absolute Gasteiger partial charge is 0.326 e. The highest BCUT2D eigenvalue weighted by Gasteiger charge is 2.31. The summed E-state index contributed by atoms with van der Waals surface area (Å²) in [4.78, 5) is 2.44. The molecule has 0 amide bonds. The number of nitrogens with zero attached hydrogens (tertiary/aromatic N) is 1. The Labute approximate surface area is 77.1 Å². The van der Waals surface area contributed by atoms with Crippen LogP contribution in [0.3, 0.4) is 0 Å². The van der Waals surface area contributed by atoms with Gasteiger partial charge in [-0.2, -0.15) is 0 Å². The number of rotatable bonds is 5. The fourth-order valence-corrected chi connectivity index (χ4v) is 1.78. The highest BCUT2D eigenvalue weighted by Crippen LogP contribution is 2.21. The normalized spacial score (nSPS) is 19.2. The first-order valence-corrected chi connectivity index (χ1v) is 5.03. The Morgan fingerprint density at radius 3 is 1.75 bits per heavy atom. The van der Waals surface area contributed by atoms with Crippen LogP contribution in [-0.2, 0) is 0 Å². The maximum atomic E-state index is 5.99. The Morgan fingerprint density at radius 2 is 1.67 bits per heavy atom. The molecule has 2 N–H and O–H groups in total. The maximum Gasteiger partial charge on any atom is 0.0326 e. The SMILES string of the molecule is CCN(CC)C(C)(CC)C(C)N. The molecule has 0 aliphatic carbocycles. The molecule has 0 aromatic carbocycles. The van der Waals surface area contributed by atoms with Crippen molar-refractivity contribution in [3.8, 4) is 0 Å². The molecular weight excluding hydrogens is 148 g/mol. The lowest BCUT2D eigenvalue weighted by Crippen LogP contribution is -2.56. The third kappa shape index (κ3) is 2.20. The second-order valence-corrected chi connectivity index (χ2v) is 3.67. The molecule has 0 aliphatic heterocycles. The molecule has 0 saturated heterocycles. The zero-order valence-corrected chi connectivity index (χ0v) is 9.22. The van der Waals surface area contributed by atoms with Crippen LogP contribution in [0.25, 0.3) is 0 Å². The van der Waals surface area contributed by atoms with Crippen LogP contribution in [0.15, 0.2) is 0 Å². The van der Waals surface area contributed by atoms with Crippen molar-refractivity contribution in [3.05, 3.63) is 0 Å². The number of likely N-dealkylation sites (N-methyl/N-ethyl adjacent to an activating group) is 1. The van der Waals surface area contributed by atoms with E-state index in [9.17, 15) is 0 Å². The van der Waals surface area contributed by atoms with Crippen molar-refractivity contribution < 1.29 is 0 Å². The van der Waals surface area contributed by atoms with Crippen molar-refractivity contribution in [2.24, 2.45) is 5.73 Å². The van der Waals surface area contributed by atoms with E-state index in [0.717, 1.165) is 19.5 Å². The minimum atomic E-state index is 0.170. The van der Waals surface area contributed by atoms with Crippen LogP contribution < -0.4 is 5.73 Å². The second-order valence-electron chi connectivity index (χ2n) is 3.67. The van der Waals surface area contributed by atoms with Crippen LogP contribution >= 0.6 is 0 Å². The van der Waals surface area contributed by atoms with Crippen LogP contribution in [0.5, 0.6) is 0 Å². The summed E-state index contributed by atoms with van der Waals surface area (Å²) in [5.74, 6) is 0. The molecule has 12 heavy (non-hydrogen) atoms. The predicted octanol–water partition coefficient (Wildman–Crippen LogP) is 1.84. The maximum absolute atomic E-state index is 5.99. The summed E-state index contributed by atoms with van der Waals surface area (Å²) < 4.78 is 0. The van der Waals surface area contributed by atoms with Gasteiger partial charge in [0.15, 0.2) is 0 Å². The first kappa shape index (κ1) is 11.9.